The van der Waals surface area contributed by atoms with E-state index in [0.29, 0.717) is 11.1 Å². The predicted molar refractivity (Wildman–Crippen MR) is 117 cm³/mol. The highest BCUT2D eigenvalue weighted by atomic mass is 19.3. The van der Waals surface area contributed by atoms with Crippen LogP contribution < -0.4 is 5.32 Å². The van der Waals surface area contributed by atoms with Gasteiger partial charge in [0, 0.05) is 11.8 Å². The van der Waals surface area contributed by atoms with Crippen LogP contribution in [0.1, 0.15) is 29.9 Å². The van der Waals surface area contributed by atoms with Crippen LogP contribution in [0.2, 0.25) is 0 Å². The van der Waals surface area contributed by atoms with Crippen molar-refractivity contribution in [2.24, 2.45) is 0 Å². The Hall–Kier alpha value is -3.89. The summed E-state index contributed by atoms with van der Waals surface area (Å²) in [6.45, 7) is 1.46. The Balaban J connectivity index is 1.75. The van der Waals surface area contributed by atoms with Gasteiger partial charge in [-0.2, -0.15) is 0 Å². The van der Waals surface area contributed by atoms with Crippen molar-refractivity contribution in [3.63, 3.8) is 0 Å². The average molecular weight is 487 g/mol. The first-order valence-corrected chi connectivity index (χ1v) is 10.6. The number of carbonyl (C=O) groups is 1. The zero-order chi connectivity index (χ0) is 24.9. The monoisotopic (exact) mass is 487 g/mol. The van der Waals surface area contributed by atoms with Gasteiger partial charge in [0.2, 0.25) is 5.91 Å². The minimum Gasteiger partial charge on any atom is -0.309 e. The molecule has 35 heavy (non-hydrogen) atoms. The molecule has 4 aromatic rings. The van der Waals surface area contributed by atoms with Crippen LogP contribution in [0.5, 0.6) is 0 Å². The highest BCUT2D eigenvalue weighted by Crippen LogP contribution is 2.47. The number of alkyl halides is 5. The predicted octanol–water partition coefficient (Wildman–Crippen LogP) is 5.00. The number of imidazole rings is 1. The van der Waals surface area contributed by atoms with E-state index in [0.717, 1.165) is 0 Å². The van der Waals surface area contributed by atoms with Crippen LogP contribution in [-0.2, 0) is 10.2 Å². The van der Waals surface area contributed by atoms with Crippen LogP contribution in [0.4, 0.5) is 27.8 Å². The van der Waals surface area contributed by atoms with Gasteiger partial charge in [0.1, 0.15) is 23.3 Å². The first-order chi connectivity index (χ1) is 16.7. The molecule has 0 bridgehead atoms. The third kappa shape index (κ3) is 3.53. The molecule has 4 atom stereocenters. The van der Waals surface area contributed by atoms with E-state index in [1.165, 1.54) is 13.3 Å². The maximum atomic E-state index is 15.5. The van der Waals surface area contributed by atoms with Crippen molar-refractivity contribution >= 4 is 17.2 Å². The lowest BCUT2D eigenvalue weighted by atomic mass is 9.76. The normalized spacial score (nSPS) is 20.0. The number of nitrogens with one attached hydrogen (secondary N) is 1. The molecule has 1 aromatic carbocycles. The number of pyridine rings is 1. The molecule has 1 aliphatic rings. The van der Waals surface area contributed by atoms with E-state index in [4.69, 9.17) is 0 Å². The van der Waals surface area contributed by atoms with Crippen LogP contribution in [0.15, 0.2) is 61.1 Å². The van der Waals surface area contributed by atoms with Gasteiger partial charge >= 0.3 is 0 Å². The van der Waals surface area contributed by atoms with Crippen molar-refractivity contribution in [3.8, 4) is 11.5 Å². The molecule has 3 aromatic heterocycles. The summed E-state index contributed by atoms with van der Waals surface area (Å²) in [5.74, 6) is -0.900. The third-order valence-corrected chi connectivity index (χ3v) is 6.22. The topological polar surface area (TPSA) is 72.2 Å². The maximum absolute atomic E-state index is 15.5. The fourth-order valence-electron chi connectivity index (χ4n) is 4.33. The van der Waals surface area contributed by atoms with Crippen LogP contribution in [-0.4, -0.2) is 44.0 Å². The van der Waals surface area contributed by atoms with Gasteiger partial charge in [0.25, 0.3) is 6.43 Å². The van der Waals surface area contributed by atoms with Gasteiger partial charge in [-0.15, -0.1) is 0 Å². The van der Waals surface area contributed by atoms with Crippen molar-refractivity contribution < 1.29 is 26.7 Å². The van der Waals surface area contributed by atoms with Gasteiger partial charge in [-0.25, -0.2) is 36.9 Å². The molecule has 11 heteroatoms. The van der Waals surface area contributed by atoms with E-state index in [1.54, 1.807) is 59.1 Å². The van der Waals surface area contributed by atoms with Gasteiger partial charge in [-0.3, -0.25) is 4.79 Å². The van der Waals surface area contributed by atoms with E-state index in [-0.39, 0.29) is 22.9 Å². The molecule has 1 N–H and O–H groups in total. The third-order valence-electron chi connectivity index (χ3n) is 6.22. The zero-order valence-electron chi connectivity index (χ0n) is 18.2. The molecule has 4 unspecified atom stereocenters. The molecule has 0 saturated carbocycles. The van der Waals surface area contributed by atoms with Crippen molar-refractivity contribution in [1.29, 1.82) is 0 Å². The zero-order valence-corrected chi connectivity index (χ0v) is 18.2. The molecule has 1 aliphatic heterocycles. The molecule has 0 fully saturated rings. The summed E-state index contributed by atoms with van der Waals surface area (Å²) in [5.41, 5.74) is -1.29. The highest BCUT2D eigenvalue weighted by Gasteiger charge is 2.50. The minimum atomic E-state index is -3.74. The molecular weight excluding hydrogens is 469 g/mol. The Kier molecular flexibility index (Phi) is 5.49. The van der Waals surface area contributed by atoms with Gasteiger partial charge in [0.05, 0.1) is 11.2 Å². The van der Waals surface area contributed by atoms with Crippen LogP contribution in [0, 0.1) is 0 Å². The molecule has 1 amide bonds. The molecule has 6 nitrogen and oxygen atoms in total. The number of anilines is 1. The second kappa shape index (κ2) is 8.40. The van der Waals surface area contributed by atoms with Crippen molar-refractivity contribution in [1.82, 2.24) is 19.4 Å². The van der Waals surface area contributed by atoms with E-state index in [2.05, 4.69) is 20.3 Å². The summed E-state index contributed by atoms with van der Waals surface area (Å²) in [4.78, 5) is 25.9. The molecule has 5 rings (SSSR count). The lowest BCUT2D eigenvalue weighted by molar-refractivity contribution is -0.119. The number of carbonyl (C=O) groups excluding carboxylic acids is 1. The molecule has 0 radical (unpaired) electrons. The Labute approximate surface area is 195 Å². The minimum absolute atomic E-state index is 0.124. The maximum Gasteiger partial charge on any atom is 0.272 e. The van der Waals surface area contributed by atoms with Gasteiger partial charge in [-0.1, -0.05) is 36.4 Å². The van der Waals surface area contributed by atoms with Crippen LogP contribution in [0.3, 0.4) is 0 Å². The molecule has 0 saturated heterocycles. The van der Waals surface area contributed by atoms with E-state index in [1.807, 2.05) is 0 Å². The number of amides is 1. The number of nitrogens with zero attached hydrogens (tertiary/aromatic N) is 4. The number of halogens is 5. The van der Waals surface area contributed by atoms with Gasteiger partial charge < -0.3 is 9.72 Å². The number of rotatable bonds is 6. The van der Waals surface area contributed by atoms with Gasteiger partial charge in [0.15, 0.2) is 24.3 Å². The summed E-state index contributed by atoms with van der Waals surface area (Å²) in [6, 6.07) is 13.4. The smallest absolute Gasteiger partial charge is 0.272 e. The molecule has 0 spiro atoms. The fraction of sp³-hybridized carbons (Fsp3) is 0.250. The SMILES string of the molecule is CC1(c2ccccc2)C(=O)Nc2nc(-c3ncn4ccccc34)nc(C(F)C(F)C(F)C(F)F)c21. The van der Waals surface area contributed by atoms with Crippen molar-refractivity contribution in [3.05, 3.63) is 77.9 Å². The van der Waals surface area contributed by atoms with E-state index >= 15 is 4.39 Å². The summed E-state index contributed by atoms with van der Waals surface area (Å²) < 4.78 is 71.5. The molecule has 4 heterocycles. The Morgan fingerprint density at radius 2 is 1.66 bits per heavy atom. The lowest BCUT2D eigenvalue weighted by Gasteiger charge is -2.26. The fourth-order valence-corrected chi connectivity index (χ4v) is 4.33. The molecule has 180 valence electrons. The Bertz CT molecular complexity index is 1410. The van der Waals surface area contributed by atoms with Crippen LogP contribution in [0.25, 0.3) is 17.0 Å². The second-order valence-electron chi connectivity index (χ2n) is 8.31. The van der Waals surface area contributed by atoms with Crippen molar-refractivity contribution in [2.75, 3.05) is 5.32 Å². The highest BCUT2D eigenvalue weighted by molar-refractivity contribution is 6.08. The van der Waals surface area contributed by atoms with E-state index < -0.39 is 42.0 Å². The number of benzene rings is 1. The molecule has 0 aliphatic carbocycles. The van der Waals surface area contributed by atoms with Crippen molar-refractivity contribution in [2.45, 2.75) is 37.3 Å². The quantitative estimate of drug-likeness (QED) is 0.389. The standard InChI is InChI=1S/C24H18F5N5O/c1-24(12-7-3-2-4-8-12)14-19(16(26)15(25)17(27)20(28)29)31-22(32-21(14)33-23(24)35)18-13-9-5-6-10-34(13)11-30-18/h2-11,15-17,20H,1H3,(H,31,32,33,35). The first-order valence-electron chi connectivity index (χ1n) is 10.6. The number of hydrogen-bond donors (Lipinski definition) is 1. The number of hydrogen-bond acceptors (Lipinski definition) is 4. The lowest BCUT2D eigenvalue weighted by Crippen LogP contribution is -2.35. The van der Waals surface area contributed by atoms with Gasteiger partial charge in [-0.05, 0) is 24.6 Å². The summed E-state index contributed by atoms with van der Waals surface area (Å²) >= 11 is 0. The van der Waals surface area contributed by atoms with Crippen LogP contribution >= 0.6 is 0 Å². The largest absolute Gasteiger partial charge is 0.309 e. The number of fused-ring (bicyclic) bond motifs is 2. The van der Waals surface area contributed by atoms with E-state index in [9.17, 15) is 22.4 Å². The summed E-state index contributed by atoms with van der Waals surface area (Å²) in [7, 11) is 0. The Morgan fingerprint density at radius 1 is 0.943 bits per heavy atom. The number of aromatic nitrogens is 4. The summed E-state index contributed by atoms with van der Waals surface area (Å²) in [6.07, 6.45) is -10.1. The first kappa shape index (κ1) is 22.9. The molecular formula is C24H18F5N5O. The summed E-state index contributed by atoms with van der Waals surface area (Å²) in [5, 5.41) is 2.57. The second-order valence-corrected chi connectivity index (χ2v) is 8.31. The Morgan fingerprint density at radius 3 is 2.37 bits per heavy atom. The average Bonchev–Trinajstić information content (AvgIpc) is 3.41.